The second kappa shape index (κ2) is 7.50. The lowest BCUT2D eigenvalue weighted by Crippen LogP contribution is -2.19. The number of nitrogens with zero attached hydrogens (tertiary/aromatic N) is 2. The lowest BCUT2D eigenvalue weighted by Gasteiger charge is -2.10. The molecule has 0 spiro atoms. The van der Waals surface area contributed by atoms with Crippen LogP contribution in [0.15, 0.2) is 60.8 Å². The molecule has 2 aromatic carbocycles. The molecule has 2 heterocycles. The molecule has 4 aromatic rings. The number of carbonyl (C=O) groups is 1. The number of H-pyrrole nitrogens is 1. The van der Waals surface area contributed by atoms with Crippen LogP contribution in [0.5, 0.6) is 0 Å². The summed E-state index contributed by atoms with van der Waals surface area (Å²) in [5.74, 6) is 0. The second-order valence-electron chi connectivity index (χ2n) is 6.39. The molecule has 0 aliphatic rings. The molecule has 0 aliphatic heterocycles. The molecule has 0 fully saturated rings. The van der Waals surface area contributed by atoms with Crippen molar-refractivity contribution < 1.29 is 9.90 Å². The number of carbonyl (C=O) groups excluding carboxylic acids is 1. The second-order valence-corrected chi connectivity index (χ2v) is 6.39. The van der Waals surface area contributed by atoms with E-state index in [1.807, 2.05) is 61.5 Å². The summed E-state index contributed by atoms with van der Waals surface area (Å²) in [4.78, 5) is 16.5. The third-order valence-corrected chi connectivity index (χ3v) is 4.53. The highest BCUT2D eigenvalue weighted by Crippen LogP contribution is 2.29. The smallest absolute Gasteiger partial charge is 0.323 e. The third-order valence-electron chi connectivity index (χ3n) is 4.53. The maximum absolute atomic E-state index is 12.2. The number of urea groups is 1. The van der Waals surface area contributed by atoms with Crippen LogP contribution in [0.4, 0.5) is 16.2 Å². The van der Waals surface area contributed by atoms with E-state index in [-0.39, 0.29) is 12.6 Å². The zero-order valence-electron chi connectivity index (χ0n) is 15.2. The SMILES string of the molecule is Cc1ccccc1NC(=O)Nc1ccc(-c2ccnc3n[nH]c(CO)c23)cc1. The Morgan fingerprint density at radius 1 is 1.07 bits per heavy atom. The number of para-hydroxylation sites is 1. The van der Waals surface area contributed by atoms with E-state index in [0.29, 0.717) is 17.0 Å². The quantitative estimate of drug-likeness (QED) is 0.433. The summed E-state index contributed by atoms with van der Waals surface area (Å²) in [5.41, 5.74) is 5.47. The van der Waals surface area contributed by atoms with Crippen LogP contribution >= 0.6 is 0 Å². The molecule has 0 bridgehead atoms. The first kappa shape index (κ1) is 17.7. The van der Waals surface area contributed by atoms with Gasteiger partial charge in [-0.3, -0.25) is 5.10 Å². The summed E-state index contributed by atoms with van der Waals surface area (Å²) in [6.07, 6.45) is 1.68. The van der Waals surface area contributed by atoms with Gasteiger partial charge in [0.1, 0.15) is 0 Å². The summed E-state index contributed by atoms with van der Waals surface area (Å²) in [7, 11) is 0. The molecule has 7 heteroatoms. The Labute approximate surface area is 161 Å². The number of nitrogens with one attached hydrogen (secondary N) is 3. The minimum absolute atomic E-state index is 0.145. The van der Waals surface area contributed by atoms with Crippen molar-refractivity contribution in [2.75, 3.05) is 10.6 Å². The van der Waals surface area contributed by atoms with Crippen molar-refractivity contribution in [2.24, 2.45) is 0 Å². The Morgan fingerprint density at radius 3 is 2.61 bits per heavy atom. The largest absolute Gasteiger partial charge is 0.390 e. The zero-order chi connectivity index (χ0) is 19.5. The van der Waals surface area contributed by atoms with E-state index in [4.69, 9.17) is 0 Å². The fraction of sp³-hybridized carbons (Fsp3) is 0.0952. The lowest BCUT2D eigenvalue weighted by atomic mass is 10.0. The van der Waals surface area contributed by atoms with Gasteiger partial charge in [0.05, 0.1) is 17.7 Å². The van der Waals surface area contributed by atoms with Gasteiger partial charge in [-0.05, 0) is 47.9 Å². The summed E-state index contributed by atoms with van der Waals surface area (Å²) < 4.78 is 0. The summed E-state index contributed by atoms with van der Waals surface area (Å²) in [6.45, 7) is 1.80. The fourth-order valence-electron chi connectivity index (χ4n) is 3.10. The van der Waals surface area contributed by atoms with Gasteiger partial charge in [-0.1, -0.05) is 30.3 Å². The number of hydrogen-bond acceptors (Lipinski definition) is 4. The van der Waals surface area contributed by atoms with Crippen LogP contribution in [0.25, 0.3) is 22.2 Å². The van der Waals surface area contributed by atoms with Crippen LogP contribution in [0, 0.1) is 6.92 Å². The first-order chi connectivity index (χ1) is 13.7. The van der Waals surface area contributed by atoms with Gasteiger partial charge >= 0.3 is 6.03 Å². The van der Waals surface area contributed by atoms with Crippen molar-refractivity contribution >= 4 is 28.4 Å². The van der Waals surface area contributed by atoms with E-state index in [9.17, 15) is 9.90 Å². The predicted molar refractivity (Wildman–Crippen MR) is 109 cm³/mol. The molecule has 0 saturated heterocycles. The highest BCUT2D eigenvalue weighted by molar-refractivity contribution is 6.00. The fourth-order valence-corrected chi connectivity index (χ4v) is 3.10. The van der Waals surface area contributed by atoms with Gasteiger partial charge in [-0.15, -0.1) is 0 Å². The maximum Gasteiger partial charge on any atom is 0.323 e. The number of benzene rings is 2. The third kappa shape index (κ3) is 3.43. The van der Waals surface area contributed by atoms with E-state index in [1.54, 1.807) is 6.20 Å². The first-order valence-electron chi connectivity index (χ1n) is 8.82. The molecule has 4 rings (SSSR count). The van der Waals surface area contributed by atoms with E-state index in [2.05, 4.69) is 25.8 Å². The van der Waals surface area contributed by atoms with Crippen LogP contribution in [-0.2, 0) is 6.61 Å². The lowest BCUT2D eigenvalue weighted by molar-refractivity contribution is 0.262. The van der Waals surface area contributed by atoms with Crippen molar-refractivity contribution in [3.63, 3.8) is 0 Å². The average Bonchev–Trinajstić information content (AvgIpc) is 3.14. The van der Waals surface area contributed by atoms with Crippen molar-refractivity contribution in [2.45, 2.75) is 13.5 Å². The molecule has 0 radical (unpaired) electrons. The summed E-state index contributed by atoms with van der Waals surface area (Å²) in [6, 6.07) is 16.7. The number of amides is 2. The van der Waals surface area contributed by atoms with Crippen LogP contribution in [0.2, 0.25) is 0 Å². The van der Waals surface area contributed by atoms with Gasteiger partial charge in [-0.25, -0.2) is 9.78 Å². The Balaban J connectivity index is 1.54. The van der Waals surface area contributed by atoms with Gasteiger partial charge in [0.25, 0.3) is 0 Å². The van der Waals surface area contributed by atoms with Crippen molar-refractivity contribution in [3.05, 3.63) is 72.1 Å². The molecular formula is C21H19N5O2. The van der Waals surface area contributed by atoms with Gasteiger partial charge in [0.15, 0.2) is 5.65 Å². The molecule has 28 heavy (non-hydrogen) atoms. The van der Waals surface area contributed by atoms with Crippen LogP contribution in [0.3, 0.4) is 0 Å². The summed E-state index contributed by atoms with van der Waals surface area (Å²) in [5, 5.41) is 22.9. The Hall–Kier alpha value is -3.71. The molecule has 7 nitrogen and oxygen atoms in total. The van der Waals surface area contributed by atoms with Crippen LogP contribution in [-0.4, -0.2) is 26.3 Å². The standard InChI is InChI=1S/C21H19N5O2/c1-13-4-2-3-5-17(13)24-21(28)23-15-8-6-14(7-9-15)16-10-11-22-20-19(16)18(12-27)25-26-20/h2-11,27H,12H2,1H3,(H,22,25,26)(H2,23,24,28). The van der Waals surface area contributed by atoms with Crippen LogP contribution < -0.4 is 10.6 Å². The van der Waals surface area contributed by atoms with Crippen molar-refractivity contribution in [1.82, 2.24) is 15.2 Å². The van der Waals surface area contributed by atoms with E-state index in [1.165, 1.54) is 0 Å². The number of fused-ring (bicyclic) bond motifs is 1. The molecule has 140 valence electrons. The minimum atomic E-state index is -0.300. The number of aliphatic hydroxyl groups excluding tert-OH is 1. The topological polar surface area (TPSA) is 103 Å². The average molecular weight is 373 g/mol. The van der Waals surface area contributed by atoms with E-state index >= 15 is 0 Å². The van der Waals surface area contributed by atoms with Gasteiger partial charge in [0, 0.05) is 17.6 Å². The number of anilines is 2. The highest BCUT2D eigenvalue weighted by atomic mass is 16.3. The number of aliphatic hydroxyl groups is 1. The Kier molecular flexibility index (Phi) is 4.74. The maximum atomic E-state index is 12.2. The van der Waals surface area contributed by atoms with Crippen molar-refractivity contribution in [1.29, 1.82) is 0 Å². The van der Waals surface area contributed by atoms with Crippen molar-refractivity contribution in [3.8, 4) is 11.1 Å². The van der Waals surface area contributed by atoms with Gasteiger partial charge < -0.3 is 15.7 Å². The Bertz CT molecular complexity index is 1140. The van der Waals surface area contributed by atoms with E-state index < -0.39 is 0 Å². The molecule has 0 atom stereocenters. The predicted octanol–water partition coefficient (Wildman–Crippen LogP) is 4.07. The normalized spacial score (nSPS) is 10.8. The number of aromatic amines is 1. The number of rotatable bonds is 4. The first-order valence-corrected chi connectivity index (χ1v) is 8.82. The molecular weight excluding hydrogens is 354 g/mol. The molecule has 0 aliphatic carbocycles. The molecule has 2 amide bonds. The van der Waals surface area contributed by atoms with Gasteiger partial charge in [-0.2, -0.15) is 5.10 Å². The number of aryl methyl sites for hydroxylation is 1. The Morgan fingerprint density at radius 2 is 1.86 bits per heavy atom. The highest BCUT2D eigenvalue weighted by Gasteiger charge is 2.12. The molecule has 0 unspecified atom stereocenters. The summed E-state index contributed by atoms with van der Waals surface area (Å²) >= 11 is 0. The number of hydrogen-bond donors (Lipinski definition) is 4. The molecule has 2 aromatic heterocycles. The number of aromatic nitrogens is 3. The molecule has 4 N–H and O–H groups in total. The number of pyridine rings is 1. The van der Waals surface area contributed by atoms with Gasteiger partial charge in [0.2, 0.25) is 0 Å². The minimum Gasteiger partial charge on any atom is -0.390 e. The molecule has 0 saturated carbocycles. The van der Waals surface area contributed by atoms with Crippen LogP contribution in [0.1, 0.15) is 11.3 Å². The zero-order valence-corrected chi connectivity index (χ0v) is 15.2. The van der Waals surface area contributed by atoms with E-state index in [0.717, 1.165) is 27.8 Å². The monoisotopic (exact) mass is 373 g/mol.